The minimum absolute atomic E-state index is 0.0319. The number of hydrogen-bond donors (Lipinski definition) is 4. The maximum atomic E-state index is 12.0. The molecule has 0 radical (unpaired) electrons. The first kappa shape index (κ1) is 37.7. The highest BCUT2D eigenvalue weighted by Gasteiger charge is 2.62. The number of aromatic hydroxyl groups is 2. The molecular weight excluding hydrogens is 664 g/mol. The van der Waals surface area contributed by atoms with E-state index in [4.69, 9.17) is 14.2 Å². The molecule has 0 aliphatic heterocycles. The molecule has 4 saturated carbocycles. The maximum absolute atomic E-state index is 12.0. The topological polar surface area (TPSA) is 109 Å². The monoisotopic (exact) mass is 730 g/mol. The number of aliphatic hydroxyl groups is 2. The summed E-state index contributed by atoms with van der Waals surface area (Å²) in [5, 5.41) is 44.0. The van der Waals surface area contributed by atoms with Gasteiger partial charge in [0.15, 0.2) is 0 Å². The van der Waals surface area contributed by atoms with Crippen LogP contribution in [-0.2, 0) is 27.1 Å². The third-order valence-electron chi connectivity index (χ3n) is 16.6. The Hall–Kier alpha value is -2.16. The van der Waals surface area contributed by atoms with Crippen LogP contribution < -0.4 is 0 Å². The summed E-state index contributed by atoms with van der Waals surface area (Å²) in [5.41, 5.74) is 4.25. The number of benzene rings is 2. The standard InChI is InChI=1S/C46H66O7/c1-43-19-13-37-35-11-7-33(47)29-31(35)5-9-39(37)41(43)15-21-45(43,49)17-3-23-51-25-27-53-28-26-52-24-4-18-46(50)22-16-42-40-10-6-32-30-34(48)8-12-36(32)38(40)14-20-44(42,46)2/h7-8,11-12,29-30,37-42,47-50H,3-6,9-10,13-28H2,1-2H3/t37-,38-,39-,40-,41+,42+,43+,44+,45+,46+/m1/s1. The highest BCUT2D eigenvalue weighted by Crippen LogP contribution is 2.66. The molecule has 4 fully saturated rings. The smallest absolute Gasteiger partial charge is 0.115 e. The van der Waals surface area contributed by atoms with Crippen molar-refractivity contribution in [2.24, 2.45) is 34.5 Å². The molecule has 0 spiro atoms. The Morgan fingerprint density at radius 2 is 0.962 bits per heavy atom. The van der Waals surface area contributed by atoms with E-state index in [1.807, 2.05) is 24.3 Å². The Kier molecular flexibility index (Phi) is 10.7. The van der Waals surface area contributed by atoms with Crippen LogP contribution in [0.3, 0.4) is 0 Å². The molecule has 0 amide bonds. The molecule has 6 aliphatic rings. The molecule has 0 heterocycles. The van der Waals surface area contributed by atoms with E-state index in [1.165, 1.54) is 35.1 Å². The van der Waals surface area contributed by atoms with Crippen molar-refractivity contribution in [2.45, 2.75) is 140 Å². The molecule has 6 aliphatic carbocycles. The van der Waals surface area contributed by atoms with Crippen LogP contribution in [0.15, 0.2) is 36.4 Å². The number of phenolic OH excluding ortho intramolecular Hbond substituents is 2. The quantitative estimate of drug-likeness (QED) is 0.144. The van der Waals surface area contributed by atoms with Gasteiger partial charge in [-0.1, -0.05) is 26.0 Å². The third-order valence-corrected chi connectivity index (χ3v) is 16.6. The predicted molar refractivity (Wildman–Crippen MR) is 206 cm³/mol. The summed E-state index contributed by atoms with van der Waals surface area (Å²) in [4.78, 5) is 0. The number of rotatable bonds is 14. The van der Waals surface area contributed by atoms with E-state index < -0.39 is 11.2 Å². The number of hydrogen-bond acceptors (Lipinski definition) is 7. The summed E-state index contributed by atoms with van der Waals surface area (Å²) in [6.07, 6.45) is 16.1. The number of aryl methyl sites for hydroxylation is 2. The van der Waals surface area contributed by atoms with Gasteiger partial charge in [-0.25, -0.2) is 0 Å². The minimum Gasteiger partial charge on any atom is -0.508 e. The van der Waals surface area contributed by atoms with Crippen LogP contribution in [0.1, 0.15) is 138 Å². The van der Waals surface area contributed by atoms with Crippen LogP contribution in [0.2, 0.25) is 0 Å². The second-order valence-corrected chi connectivity index (χ2v) is 18.7. The van der Waals surface area contributed by atoms with Crippen LogP contribution >= 0.6 is 0 Å². The van der Waals surface area contributed by atoms with Gasteiger partial charge in [0, 0.05) is 13.2 Å². The zero-order chi connectivity index (χ0) is 36.8. The molecule has 2 aromatic carbocycles. The number of ether oxygens (including phenoxy) is 3. The van der Waals surface area contributed by atoms with Crippen molar-refractivity contribution in [2.75, 3.05) is 39.6 Å². The van der Waals surface area contributed by atoms with Crippen LogP contribution in [0.4, 0.5) is 0 Å². The molecule has 0 saturated heterocycles. The van der Waals surface area contributed by atoms with Crippen molar-refractivity contribution in [1.82, 2.24) is 0 Å². The van der Waals surface area contributed by atoms with Gasteiger partial charge in [0.1, 0.15) is 11.5 Å². The second-order valence-electron chi connectivity index (χ2n) is 18.7. The predicted octanol–water partition coefficient (Wildman–Crippen LogP) is 8.58. The summed E-state index contributed by atoms with van der Waals surface area (Å²) in [7, 11) is 0. The highest BCUT2D eigenvalue weighted by molar-refractivity contribution is 5.41. The molecule has 7 heteroatoms. The second kappa shape index (κ2) is 15.1. The van der Waals surface area contributed by atoms with Crippen LogP contribution in [0.5, 0.6) is 11.5 Å². The van der Waals surface area contributed by atoms with Gasteiger partial charge in [0.05, 0.1) is 37.6 Å². The Morgan fingerprint density at radius 3 is 1.40 bits per heavy atom. The normalized spacial score (nSPS) is 38.3. The average Bonchev–Trinajstić information content (AvgIpc) is 3.58. The van der Waals surface area contributed by atoms with Gasteiger partial charge in [0.2, 0.25) is 0 Å². The van der Waals surface area contributed by atoms with Gasteiger partial charge in [-0.05, 0) is 196 Å². The first-order valence-corrected chi connectivity index (χ1v) is 21.4. The number of phenols is 2. The lowest BCUT2D eigenvalue weighted by Crippen LogP contribution is -2.50. The molecule has 8 rings (SSSR count). The lowest BCUT2D eigenvalue weighted by molar-refractivity contribution is -0.111. The Bertz CT molecular complexity index is 1480. The first-order valence-electron chi connectivity index (χ1n) is 21.4. The summed E-state index contributed by atoms with van der Waals surface area (Å²) >= 11 is 0. The zero-order valence-electron chi connectivity index (χ0n) is 32.5. The molecule has 53 heavy (non-hydrogen) atoms. The van der Waals surface area contributed by atoms with Crippen molar-refractivity contribution in [3.05, 3.63) is 58.7 Å². The van der Waals surface area contributed by atoms with Crippen molar-refractivity contribution in [3.8, 4) is 11.5 Å². The van der Waals surface area contributed by atoms with Gasteiger partial charge in [-0.3, -0.25) is 0 Å². The molecular formula is C46H66O7. The van der Waals surface area contributed by atoms with Crippen LogP contribution in [0.25, 0.3) is 0 Å². The van der Waals surface area contributed by atoms with Crippen molar-refractivity contribution < 1.29 is 34.6 Å². The molecule has 4 N–H and O–H groups in total. The maximum Gasteiger partial charge on any atom is 0.115 e. The minimum atomic E-state index is -0.615. The Balaban J connectivity index is 0.687. The fraction of sp³-hybridized carbons (Fsp3) is 0.739. The van der Waals surface area contributed by atoms with E-state index in [9.17, 15) is 20.4 Å². The highest BCUT2D eigenvalue weighted by atomic mass is 16.5. The first-order chi connectivity index (χ1) is 25.6. The van der Waals surface area contributed by atoms with E-state index in [0.717, 1.165) is 89.9 Å². The van der Waals surface area contributed by atoms with E-state index in [2.05, 4.69) is 26.0 Å². The van der Waals surface area contributed by atoms with Gasteiger partial charge in [0.25, 0.3) is 0 Å². The van der Waals surface area contributed by atoms with E-state index in [-0.39, 0.29) is 10.8 Å². The van der Waals surface area contributed by atoms with Crippen LogP contribution in [-0.4, -0.2) is 71.3 Å². The van der Waals surface area contributed by atoms with Crippen LogP contribution in [0, 0.1) is 34.5 Å². The van der Waals surface area contributed by atoms with Crippen molar-refractivity contribution in [1.29, 1.82) is 0 Å². The van der Waals surface area contributed by atoms with Crippen molar-refractivity contribution in [3.63, 3.8) is 0 Å². The van der Waals surface area contributed by atoms with E-state index in [0.29, 0.717) is 86.6 Å². The van der Waals surface area contributed by atoms with Gasteiger partial charge < -0.3 is 34.6 Å². The summed E-state index contributed by atoms with van der Waals surface area (Å²) in [6, 6.07) is 12.0. The van der Waals surface area contributed by atoms with E-state index >= 15 is 0 Å². The van der Waals surface area contributed by atoms with E-state index in [1.54, 1.807) is 0 Å². The Morgan fingerprint density at radius 1 is 0.547 bits per heavy atom. The summed E-state index contributed by atoms with van der Waals surface area (Å²) in [6.45, 7) is 8.23. The van der Waals surface area contributed by atoms with Gasteiger partial charge in [-0.15, -0.1) is 0 Å². The SMILES string of the molecule is C[C@]12CC[C@@H]3c4ccc(O)cc4CC[C@H]3[C@@H]1CC[C@@]2(O)CCCOCCOCCOCCC[C@]1(O)CC[C@H]2[C@@H]3CCc4cc(O)ccc4[C@H]3CC[C@@]21C. The van der Waals surface area contributed by atoms with Gasteiger partial charge in [-0.2, -0.15) is 0 Å². The molecule has 0 aromatic heterocycles. The molecule has 2 aromatic rings. The summed E-state index contributed by atoms with van der Waals surface area (Å²) < 4.78 is 17.6. The molecule has 7 nitrogen and oxygen atoms in total. The summed E-state index contributed by atoms with van der Waals surface area (Å²) in [5.74, 6) is 4.27. The lowest BCUT2D eigenvalue weighted by atomic mass is 9.53. The zero-order valence-corrected chi connectivity index (χ0v) is 32.5. The molecule has 0 unspecified atom stereocenters. The average molecular weight is 731 g/mol. The fourth-order valence-corrected chi connectivity index (χ4v) is 13.7. The fourth-order valence-electron chi connectivity index (χ4n) is 13.7. The Labute approximate surface area is 317 Å². The molecule has 10 atom stereocenters. The largest absolute Gasteiger partial charge is 0.508 e. The molecule has 292 valence electrons. The lowest BCUT2D eigenvalue weighted by Gasteiger charge is -2.53. The van der Waals surface area contributed by atoms with Crippen molar-refractivity contribution >= 4 is 0 Å². The molecule has 0 bridgehead atoms. The van der Waals surface area contributed by atoms with Gasteiger partial charge >= 0.3 is 0 Å². The number of fused-ring (bicyclic) bond motifs is 10. The third kappa shape index (κ3) is 6.77.